The zero-order valence-corrected chi connectivity index (χ0v) is 14.2. The maximum absolute atomic E-state index is 12.4. The highest BCUT2D eigenvalue weighted by molar-refractivity contribution is 5.98. The monoisotopic (exact) mass is 350 g/mol. The van der Waals surface area contributed by atoms with Crippen molar-refractivity contribution in [2.24, 2.45) is 0 Å². The van der Waals surface area contributed by atoms with Crippen molar-refractivity contribution in [1.82, 2.24) is 4.57 Å². The Bertz CT molecular complexity index is 1000. The Morgan fingerprint density at radius 2 is 1.81 bits per heavy atom. The number of aryl methyl sites for hydroxylation is 1. The summed E-state index contributed by atoms with van der Waals surface area (Å²) in [5.74, 6) is -1.56. The summed E-state index contributed by atoms with van der Waals surface area (Å²) in [6.45, 7) is 1.78. The third kappa shape index (κ3) is 3.64. The predicted octanol–water partition coefficient (Wildman–Crippen LogP) is 3.71. The fourth-order valence-corrected chi connectivity index (χ4v) is 2.74. The van der Waals surface area contributed by atoms with Gasteiger partial charge in [-0.2, -0.15) is 0 Å². The zero-order valence-electron chi connectivity index (χ0n) is 14.2. The van der Waals surface area contributed by atoms with Crippen LogP contribution in [0.15, 0.2) is 54.7 Å². The first-order chi connectivity index (χ1) is 12.5. The molecule has 0 saturated carbocycles. The van der Waals surface area contributed by atoms with Gasteiger partial charge in [0.05, 0.1) is 11.1 Å². The second kappa shape index (κ2) is 7.23. The molecule has 6 heteroatoms. The molecule has 0 unspecified atom stereocenters. The minimum absolute atomic E-state index is 0.0160. The second-order valence-corrected chi connectivity index (χ2v) is 6.02. The summed E-state index contributed by atoms with van der Waals surface area (Å²) >= 11 is 0. The fraction of sp³-hybridized carbons (Fsp3) is 0.150. The molecule has 1 aromatic heterocycles. The Morgan fingerprint density at radius 1 is 1.04 bits per heavy atom. The van der Waals surface area contributed by atoms with E-state index in [0.717, 1.165) is 16.5 Å². The van der Waals surface area contributed by atoms with Gasteiger partial charge in [-0.05, 0) is 36.8 Å². The van der Waals surface area contributed by atoms with Crippen molar-refractivity contribution < 1.29 is 19.5 Å². The molecule has 1 amide bonds. The van der Waals surface area contributed by atoms with Gasteiger partial charge in [0.1, 0.15) is 0 Å². The van der Waals surface area contributed by atoms with Crippen LogP contribution in [-0.4, -0.2) is 27.5 Å². The van der Waals surface area contributed by atoms with Gasteiger partial charge >= 0.3 is 5.97 Å². The molecule has 1 heterocycles. The number of carbonyl (C=O) groups is 3. The number of carboxylic acids is 1. The number of hydrogen-bond acceptors (Lipinski definition) is 3. The van der Waals surface area contributed by atoms with Gasteiger partial charge in [-0.25, -0.2) is 4.79 Å². The lowest BCUT2D eigenvalue weighted by Crippen LogP contribution is -2.17. The molecule has 2 N–H and O–H groups in total. The Kier molecular flexibility index (Phi) is 4.84. The molecule has 0 aliphatic rings. The molecule has 0 spiro atoms. The number of aromatic nitrogens is 1. The third-order valence-corrected chi connectivity index (χ3v) is 4.19. The molecule has 0 aliphatic carbocycles. The first kappa shape index (κ1) is 17.4. The predicted molar refractivity (Wildman–Crippen MR) is 98.6 cm³/mol. The standard InChI is InChI=1S/C20H18N2O4/c1-13-6-7-15(20(25)26)12-16(13)21-18(23)8-9-19(24)22-11-10-14-4-2-3-5-17(14)22/h2-7,10-12H,8-9H2,1H3,(H,21,23)(H,25,26). The highest BCUT2D eigenvalue weighted by Crippen LogP contribution is 2.18. The van der Waals surface area contributed by atoms with Crippen LogP contribution >= 0.6 is 0 Å². The first-order valence-electron chi connectivity index (χ1n) is 8.19. The number of para-hydroxylation sites is 1. The SMILES string of the molecule is Cc1ccc(C(=O)O)cc1NC(=O)CCC(=O)n1ccc2ccccc21. The number of amides is 1. The highest BCUT2D eigenvalue weighted by atomic mass is 16.4. The summed E-state index contributed by atoms with van der Waals surface area (Å²) in [6.07, 6.45) is 1.77. The number of rotatable bonds is 5. The summed E-state index contributed by atoms with van der Waals surface area (Å²) < 4.78 is 1.54. The molecule has 0 bridgehead atoms. The molecule has 0 radical (unpaired) electrons. The van der Waals surface area contributed by atoms with E-state index < -0.39 is 5.97 Å². The van der Waals surface area contributed by atoms with Crippen LogP contribution in [0, 0.1) is 6.92 Å². The van der Waals surface area contributed by atoms with E-state index in [1.165, 1.54) is 12.1 Å². The van der Waals surface area contributed by atoms with E-state index in [-0.39, 0.29) is 30.2 Å². The van der Waals surface area contributed by atoms with Crippen molar-refractivity contribution in [3.05, 3.63) is 65.9 Å². The molecule has 0 saturated heterocycles. The van der Waals surface area contributed by atoms with Crippen molar-refractivity contribution in [1.29, 1.82) is 0 Å². The highest BCUT2D eigenvalue weighted by Gasteiger charge is 2.13. The molecule has 0 fully saturated rings. The average molecular weight is 350 g/mol. The van der Waals surface area contributed by atoms with Crippen molar-refractivity contribution in [3.8, 4) is 0 Å². The minimum Gasteiger partial charge on any atom is -0.478 e. The van der Waals surface area contributed by atoms with E-state index in [1.54, 1.807) is 23.8 Å². The molecular formula is C20H18N2O4. The van der Waals surface area contributed by atoms with Gasteiger partial charge in [-0.3, -0.25) is 14.2 Å². The molecule has 2 aromatic carbocycles. The van der Waals surface area contributed by atoms with E-state index in [2.05, 4.69) is 5.32 Å². The number of fused-ring (bicyclic) bond motifs is 1. The molecule has 0 atom stereocenters. The van der Waals surface area contributed by atoms with Crippen LogP contribution in [0.5, 0.6) is 0 Å². The van der Waals surface area contributed by atoms with Crippen LogP contribution in [0.1, 0.15) is 33.6 Å². The molecule has 3 rings (SSSR count). The van der Waals surface area contributed by atoms with Gasteiger partial charge in [-0.15, -0.1) is 0 Å². The largest absolute Gasteiger partial charge is 0.478 e. The molecule has 132 valence electrons. The maximum Gasteiger partial charge on any atom is 0.335 e. The number of carboxylic acid groups (broad SMARTS) is 1. The Hall–Kier alpha value is -3.41. The average Bonchev–Trinajstić information content (AvgIpc) is 3.05. The Balaban J connectivity index is 1.65. The molecule has 26 heavy (non-hydrogen) atoms. The van der Waals surface area contributed by atoms with Crippen LogP contribution in [0.2, 0.25) is 0 Å². The quantitative estimate of drug-likeness (QED) is 0.734. The summed E-state index contributed by atoms with van der Waals surface area (Å²) in [4.78, 5) is 35.6. The van der Waals surface area contributed by atoms with E-state index >= 15 is 0 Å². The molecule has 6 nitrogen and oxygen atoms in total. The fourth-order valence-electron chi connectivity index (χ4n) is 2.74. The maximum atomic E-state index is 12.4. The normalized spacial score (nSPS) is 10.7. The van der Waals surface area contributed by atoms with Gasteiger partial charge < -0.3 is 10.4 Å². The number of aromatic carboxylic acids is 1. The number of nitrogens with zero attached hydrogens (tertiary/aromatic N) is 1. The van der Waals surface area contributed by atoms with E-state index in [0.29, 0.717) is 5.69 Å². The molecule has 3 aromatic rings. The minimum atomic E-state index is -1.06. The lowest BCUT2D eigenvalue weighted by molar-refractivity contribution is -0.116. The molecular weight excluding hydrogens is 332 g/mol. The number of carbonyl (C=O) groups excluding carboxylic acids is 2. The number of benzene rings is 2. The second-order valence-electron chi connectivity index (χ2n) is 6.02. The number of nitrogens with one attached hydrogen (secondary N) is 1. The van der Waals surface area contributed by atoms with Crippen LogP contribution in [0.3, 0.4) is 0 Å². The van der Waals surface area contributed by atoms with Gasteiger partial charge in [0.2, 0.25) is 11.8 Å². The summed E-state index contributed by atoms with van der Waals surface area (Å²) in [5.41, 5.74) is 2.10. The summed E-state index contributed by atoms with van der Waals surface area (Å²) in [7, 11) is 0. The smallest absolute Gasteiger partial charge is 0.335 e. The number of hydrogen-bond donors (Lipinski definition) is 2. The Morgan fingerprint density at radius 3 is 2.58 bits per heavy atom. The summed E-state index contributed by atoms with van der Waals surface area (Å²) in [6, 6.07) is 13.9. The van der Waals surface area contributed by atoms with Gasteiger partial charge in [0, 0.05) is 30.1 Å². The van der Waals surface area contributed by atoms with Gasteiger partial charge in [0.15, 0.2) is 0 Å². The zero-order chi connectivity index (χ0) is 18.7. The van der Waals surface area contributed by atoms with Crippen molar-refractivity contribution in [3.63, 3.8) is 0 Å². The molecule has 0 aliphatic heterocycles. The summed E-state index contributed by atoms with van der Waals surface area (Å²) in [5, 5.41) is 12.7. The van der Waals surface area contributed by atoms with Crippen LogP contribution in [0.4, 0.5) is 5.69 Å². The van der Waals surface area contributed by atoms with Gasteiger partial charge in [0.25, 0.3) is 0 Å². The van der Waals surface area contributed by atoms with Gasteiger partial charge in [-0.1, -0.05) is 24.3 Å². The lowest BCUT2D eigenvalue weighted by atomic mass is 10.1. The van der Waals surface area contributed by atoms with Crippen LogP contribution < -0.4 is 5.32 Å². The van der Waals surface area contributed by atoms with Crippen molar-refractivity contribution in [2.45, 2.75) is 19.8 Å². The lowest BCUT2D eigenvalue weighted by Gasteiger charge is -2.09. The third-order valence-electron chi connectivity index (χ3n) is 4.19. The van der Waals surface area contributed by atoms with E-state index in [1.807, 2.05) is 30.3 Å². The van der Waals surface area contributed by atoms with Crippen molar-refractivity contribution >= 4 is 34.4 Å². The Labute approximate surface area is 150 Å². The van der Waals surface area contributed by atoms with Crippen LogP contribution in [0.25, 0.3) is 10.9 Å². The van der Waals surface area contributed by atoms with E-state index in [4.69, 9.17) is 5.11 Å². The topological polar surface area (TPSA) is 88.4 Å². The number of anilines is 1. The van der Waals surface area contributed by atoms with Crippen molar-refractivity contribution in [2.75, 3.05) is 5.32 Å². The van der Waals surface area contributed by atoms with Crippen LogP contribution in [-0.2, 0) is 4.79 Å². The van der Waals surface area contributed by atoms with E-state index in [9.17, 15) is 14.4 Å². The first-order valence-corrected chi connectivity index (χ1v) is 8.19.